The molecular formula is C22H31N5O7S2. The minimum absolute atomic E-state index is 0.00806. The van der Waals surface area contributed by atoms with Crippen molar-refractivity contribution < 1.29 is 30.6 Å². The first kappa shape index (κ1) is 27.7. The highest BCUT2D eigenvalue weighted by molar-refractivity contribution is 7.91. The Morgan fingerprint density at radius 3 is 2.31 bits per heavy atom. The SMILES string of the molecule is Cc1cc(OCCCONC(=N)N)cc(OS(=O)(=O)c2ccccc2S(=O)(=O)N2CCN(C)CC2)c1. The van der Waals surface area contributed by atoms with Crippen LogP contribution in [0.5, 0.6) is 11.5 Å². The van der Waals surface area contributed by atoms with E-state index in [4.69, 9.17) is 24.9 Å². The molecule has 12 nitrogen and oxygen atoms in total. The largest absolute Gasteiger partial charge is 0.493 e. The maximum absolute atomic E-state index is 13.3. The van der Waals surface area contributed by atoms with E-state index < -0.39 is 25.0 Å². The van der Waals surface area contributed by atoms with E-state index in [-0.39, 0.29) is 42.9 Å². The van der Waals surface area contributed by atoms with Gasteiger partial charge in [-0.25, -0.2) is 13.9 Å². The zero-order chi connectivity index (χ0) is 26.3. The van der Waals surface area contributed by atoms with Gasteiger partial charge >= 0.3 is 10.1 Å². The predicted molar refractivity (Wildman–Crippen MR) is 133 cm³/mol. The highest BCUT2D eigenvalue weighted by Gasteiger charge is 2.33. The van der Waals surface area contributed by atoms with E-state index in [9.17, 15) is 16.8 Å². The summed E-state index contributed by atoms with van der Waals surface area (Å²) in [5.41, 5.74) is 8.01. The number of rotatable bonds is 11. The number of nitrogens with two attached hydrogens (primary N) is 1. The van der Waals surface area contributed by atoms with Gasteiger partial charge in [0.05, 0.1) is 13.2 Å². The second-order valence-electron chi connectivity index (χ2n) is 8.24. The fraction of sp³-hybridized carbons (Fsp3) is 0.409. The number of ether oxygens (including phenoxy) is 1. The van der Waals surface area contributed by atoms with Crippen LogP contribution in [0.15, 0.2) is 52.3 Å². The minimum atomic E-state index is -4.48. The first-order chi connectivity index (χ1) is 17.0. The molecule has 1 aliphatic rings. The highest BCUT2D eigenvalue weighted by atomic mass is 32.2. The fourth-order valence-electron chi connectivity index (χ4n) is 3.50. The Labute approximate surface area is 211 Å². The van der Waals surface area contributed by atoms with Gasteiger partial charge in [0.2, 0.25) is 16.0 Å². The molecule has 1 saturated heterocycles. The van der Waals surface area contributed by atoms with Gasteiger partial charge in [-0.15, -0.1) is 0 Å². The fourth-order valence-corrected chi connectivity index (χ4v) is 6.62. The molecule has 2 aromatic carbocycles. The smallest absolute Gasteiger partial charge is 0.340 e. The number of piperazine rings is 1. The number of sulfonamides is 1. The first-order valence-corrected chi connectivity index (χ1v) is 14.0. The minimum Gasteiger partial charge on any atom is -0.493 e. The zero-order valence-corrected chi connectivity index (χ0v) is 21.8. The van der Waals surface area contributed by atoms with Gasteiger partial charge in [0.1, 0.15) is 21.3 Å². The average Bonchev–Trinajstić information content (AvgIpc) is 2.81. The molecule has 0 atom stereocenters. The Balaban J connectivity index is 1.76. The number of benzene rings is 2. The van der Waals surface area contributed by atoms with E-state index in [0.717, 1.165) is 0 Å². The summed E-state index contributed by atoms with van der Waals surface area (Å²) in [7, 11) is -6.63. The van der Waals surface area contributed by atoms with Crippen LogP contribution in [0, 0.1) is 12.3 Å². The van der Waals surface area contributed by atoms with Crippen LogP contribution in [0.2, 0.25) is 0 Å². The molecule has 0 amide bonds. The Hall–Kier alpha value is -2.91. The van der Waals surface area contributed by atoms with Crippen LogP contribution < -0.4 is 20.1 Å². The molecule has 0 spiro atoms. The van der Waals surface area contributed by atoms with Crippen LogP contribution in [-0.2, 0) is 25.0 Å². The molecular weight excluding hydrogens is 510 g/mol. The lowest BCUT2D eigenvalue weighted by Gasteiger charge is -2.31. The second kappa shape index (κ2) is 11.9. The van der Waals surface area contributed by atoms with Crippen LogP contribution in [-0.4, -0.2) is 78.4 Å². The number of hydrogen-bond donors (Lipinski definition) is 3. The van der Waals surface area contributed by atoms with Crippen LogP contribution in [0.1, 0.15) is 12.0 Å². The van der Waals surface area contributed by atoms with Crippen molar-refractivity contribution in [2.75, 3.05) is 46.4 Å². The molecule has 1 fully saturated rings. The van der Waals surface area contributed by atoms with E-state index in [0.29, 0.717) is 30.8 Å². The first-order valence-electron chi connectivity index (χ1n) is 11.2. The third-order valence-electron chi connectivity index (χ3n) is 5.27. The summed E-state index contributed by atoms with van der Waals surface area (Å²) in [6.45, 7) is 3.87. The number of nitrogens with zero attached hydrogens (tertiary/aromatic N) is 2. The van der Waals surface area contributed by atoms with Gasteiger partial charge in [-0.1, -0.05) is 12.1 Å². The van der Waals surface area contributed by atoms with Crippen molar-refractivity contribution in [2.24, 2.45) is 5.73 Å². The van der Waals surface area contributed by atoms with Crippen molar-refractivity contribution in [3.63, 3.8) is 0 Å². The molecule has 0 unspecified atom stereocenters. The summed E-state index contributed by atoms with van der Waals surface area (Å²) in [6, 6.07) is 10.1. The molecule has 1 aliphatic heterocycles. The molecule has 1 heterocycles. The molecule has 4 N–H and O–H groups in total. The van der Waals surface area contributed by atoms with Crippen LogP contribution >= 0.6 is 0 Å². The van der Waals surface area contributed by atoms with E-state index in [1.807, 2.05) is 11.9 Å². The summed E-state index contributed by atoms with van der Waals surface area (Å²) in [4.78, 5) is 6.20. The number of aryl methyl sites for hydroxylation is 1. The Kier molecular flexibility index (Phi) is 9.13. The molecule has 0 saturated carbocycles. The summed E-state index contributed by atoms with van der Waals surface area (Å²) >= 11 is 0. The van der Waals surface area contributed by atoms with Crippen LogP contribution in [0.3, 0.4) is 0 Å². The third-order valence-corrected chi connectivity index (χ3v) is 8.66. The van der Waals surface area contributed by atoms with Gasteiger partial charge in [-0.2, -0.15) is 12.7 Å². The summed E-state index contributed by atoms with van der Waals surface area (Å²) in [6.07, 6.45) is 0.472. The lowest BCUT2D eigenvalue weighted by atomic mass is 10.2. The molecule has 198 valence electrons. The number of nitrogens with one attached hydrogen (secondary N) is 2. The summed E-state index contributed by atoms with van der Waals surface area (Å²) in [5, 5.41) is 7.01. The summed E-state index contributed by atoms with van der Waals surface area (Å²) in [5.74, 6) is 0.0554. The van der Waals surface area contributed by atoms with Gasteiger partial charge in [0, 0.05) is 38.7 Å². The van der Waals surface area contributed by atoms with Crippen molar-refractivity contribution in [3.05, 3.63) is 48.0 Å². The van der Waals surface area contributed by atoms with Crippen molar-refractivity contribution >= 4 is 26.1 Å². The quantitative estimate of drug-likeness (QED) is 0.122. The highest BCUT2D eigenvalue weighted by Crippen LogP contribution is 2.30. The number of hydrogen-bond acceptors (Lipinski definition) is 9. The van der Waals surface area contributed by atoms with Crippen molar-refractivity contribution in [3.8, 4) is 11.5 Å². The average molecular weight is 542 g/mol. The monoisotopic (exact) mass is 541 g/mol. The zero-order valence-electron chi connectivity index (χ0n) is 20.1. The van der Waals surface area contributed by atoms with Crippen molar-refractivity contribution in [2.45, 2.75) is 23.1 Å². The lowest BCUT2D eigenvalue weighted by molar-refractivity contribution is 0.0733. The van der Waals surface area contributed by atoms with Gasteiger partial charge in [-0.05, 0) is 43.8 Å². The van der Waals surface area contributed by atoms with E-state index >= 15 is 0 Å². The molecule has 0 aromatic heterocycles. The summed E-state index contributed by atoms with van der Waals surface area (Å²) < 4.78 is 65.3. The molecule has 0 bridgehead atoms. The van der Waals surface area contributed by atoms with Crippen LogP contribution in [0.25, 0.3) is 0 Å². The topological polar surface area (TPSA) is 164 Å². The maximum Gasteiger partial charge on any atom is 0.340 e. The number of guanidine groups is 1. The number of hydroxylamine groups is 1. The molecule has 0 radical (unpaired) electrons. The maximum atomic E-state index is 13.3. The Bertz CT molecular complexity index is 1280. The molecule has 2 aromatic rings. The van der Waals surface area contributed by atoms with E-state index in [1.54, 1.807) is 13.0 Å². The third kappa shape index (κ3) is 7.30. The van der Waals surface area contributed by atoms with Crippen molar-refractivity contribution in [1.82, 2.24) is 14.7 Å². The van der Waals surface area contributed by atoms with Gasteiger partial charge in [-0.3, -0.25) is 10.2 Å². The van der Waals surface area contributed by atoms with E-state index in [2.05, 4.69) is 5.48 Å². The standard InChI is InChI=1S/C22H31N5O7S2/c1-17-14-18(32-12-5-13-33-25-22(23)24)16-19(15-17)34-36(30,31)21-7-4-3-6-20(21)35(28,29)27-10-8-26(2)9-11-27/h3-4,6-7,14-16H,5,8-13H2,1-2H3,(H4,23,24,25). The van der Waals surface area contributed by atoms with Crippen LogP contribution in [0.4, 0.5) is 0 Å². The predicted octanol–water partition coefficient (Wildman–Crippen LogP) is 0.882. The van der Waals surface area contributed by atoms with Gasteiger partial charge in [0.25, 0.3) is 0 Å². The molecule has 0 aliphatic carbocycles. The van der Waals surface area contributed by atoms with E-state index in [1.165, 1.54) is 40.7 Å². The number of likely N-dealkylation sites (N-methyl/N-ethyl adjacent to an activating group) is 1. The Morgan fingerprint density at radius 1 is 1.00 bits per heavy atom. The molecule has 3 rings (SSSR count). The molecule has 36 heavy (non-hydrogen) atoms. The Morgan fingerprint density at radius 2 is 1.64 bits per heavy atom. The van der Waals surface area contributed by atoms with Gasteiger partial charge < -0.3 is 19.6 Å². The lowest BCUT2D eigenvalue weighted by Crippen LogP contribution is -2.47. The second-order valence-corrected chi connectivity index (χ2v) is 11.7. The van der Waals surface area contributed by atoms with Gasteiger partial charge in [0.15, 0.2) is 0 Å². The molecule has 14 heteroatoms. The normalized spacial score (nSPS) is 15.4. The van der Waals surface area contributed by atoms with Crippen molar-refractivity contribution in [1.29, 1.82) is 5.41 Å².